The zero-order valence-corrected chi connectivity index (χ0v) is 8.36. The van der Waals surface area contributed by atoms with Crippen molar-refractivity contribution in [3.05, 3.63) is 23.8 Å². The highest BCUT2D eigenvalue weighted by atomic mass is 16.5. The van der Waals surface area contributed by atoms with Gasteiger partial charge in [-0.25, -0.2) is 9.97 Å². The van der Waals surface area contributed by atoms with Crippen molar-refractivity contribution < 1.29 is 5.21 Å². The summed E-state index contributed by atoms with van der Waals surface area (Å²) in [5, 5.41) is 9.30. The van der Waals surface area contributed by atoms with Gasteiger partial charge in [0.05, 0.1) is 11.9 Å². The SMILES string of the molecule is CCCc1nc2cn(O)cc(C)c-2n1. The van der Waals surface area contributed by atoms with Crippen LogP contribution in [-0.4, -0.2) is 19.9 Å². The summed E-state index contributed by atoms with van der Waals surface area (Å²) in [7, 11) is 0. The minimum Gasteiger partial charge on any atom is -0.429 e. The van der Waals surface area contributed by atoms with E-state index in [9.17, 15) is 5.21 Å². The molecule has 4 heteroatoms. The Bertz CT molecular complexity index is 422. The topological polar surface area (TPSA) is 50.9 Å². The maximum absolute atomic E-state index is 9.30. The molecule has 0 saturated carbocycles. The Kier molecular flexibility index (Phi) is 2.11. The van der Waals surface area contributed by atoms with Crippen LogP contribution in [-0.2, 0) is 6.42 Å². The number of fused-ring (bicyclic) bond motifs is 1. The van der Waals surface area contributed by atoms with Crippen molar-refractivity contribution in [2.45, 2.75) is 26.7 Å². The Morgan fingerprint density at radius 2 is 2.14 bits per heavy atom. The second-order valence-corrected chi connectivity index (χ2v) is 3.44. The maximum Gasteiger partial charge on any atom is 0.129 e. The Morgan fingerprint density at radius 3 is 2.86 bits per heavy atom. The first-order chi connectivity index (χ1) is 6.70. The van der Waals surface area contributed by atoms with Crippen molar-refractivity contribution >= 4 is 0 Å². The van der Waals surface area contributed by atoms with Crippen LogP contribution in [0.5, 0.6) is 0 Å². The molecule has 0 radical (unpaired) electrons. The number of nitrogens with zero attached hydrogens (tertiary/aromatic N) is 3. The molecular weight excluding hydrogens is 178 g/mol. The Balaban J connectivity index is 2.53. The normalized spacial score (nSPS) is 11.0. The third-order valence-electron chi connectivity index (χ3n) is 2.16. The third kappa shape index (κ3) is 1.43. The van der Waals surface area contributed by atoms with E-state index in [0.717, 1.165) is 40.3 Å². The van der Waals surface area contributed by atoms with Crippen LogP contribution >= 0.6 is 0 Å². The number of rotatable bonds is 2. The van der Waals surface area contributed by atoms with E-state index in [-0.39, 0.29) is 0 Å². The van der Waals surface area contributed by atoms with Crippen molar-refractivity contribution in [1.82, 2.24) is 14.7 Å². The molecule has 0 amide bonds. The molecule has 0 bridgehead atoms. The minimum atomic E-state index is 0.760. The summed E-state index contributed by atoms with van der Waals surface area (Å²) in [6, 6.07) is 0. The second-order valence-electron chi connectivity index (χ2n) is 3.44. The van der Waals surface area contributed by atoms with E-state index in [2.05, 4.69) is 16.9 Å². The van der Waals surface area contributed by atoms with Crippen LogP contribution in [0, 0.1) is 6.92 Å². The highest BCUT2D eigenvalue weighted by molar-refractivity contribution is 5.59. The van der Waals surface area contributed by atoms with Crippen molar-refractivity contribution in [2.24, 2.45) is 0 Å². The van der Waals surface area contributed by atoms with Gasteiger partial charge in [0.1, 0.15) is 11.5 Å². The van der Waals surface area contributed by atoms with E-state index < -0.39 is 0 Å². The average Bonchev–Trinajstić information content (AvgIpc) is 2.48. The fourth-order valence-electron chi connectivity index (χ4n) is 1.54. The number of aryl methyl sites for hydroxylation is 2. The summed E-state index contributed by atoms with van der Waals surface area (Å²) in [6.45, 7) is 4.01. The summed E-state index contributed by atoms with van der Waals surface area (Å²) in [4.78, 5) is 8.74. The van der Waals surface area contributed by atoms with Gasteiger partial charge in [-0.15, -0.1) is 0 Å². The Labute approximate surface area is 82.5 Å². The summed E-state index contributed by atoms with van der Waals surface area (Å²) in [5.41, 5.74) is 2.59. The van der Waals surface area contributed by atoms with Gasteiger partial charge in [0, 0.05) is 12.6 Å². The summed E-state index contributed by atoms with van der Waals surface area (Å²) >= 11 is 0. The monoisotopic (exact) mass is 191 g/mol. The third-order valence-corrected chi connectivity index (χ3v) is 2.16. The fourth-order valence-corrected chi connectivity index (χ4v) is 1.54. The molecule has 0 aliphatic carbocycles. The molecule has 0 fully saturated rings. The van der Waals surface area contributed by atoms with Crippen LogP contribution in [0.2, 0.25) is 0 Å². The van der Waals surface area contributed by atoms with E-state index in [4.69, 9.17) is 0 Å². The first-order valence-electron chi connectivity index (χ1n) is 4.75. The molecular formula is C10H13N3O. The molecule has 0 saturated heterocycles. The van der Waals surface area contributed by atoms with Crippen molar-refractivity contribution in [1.29, 1.82) is 0 Å². The largest absolute Gasteiger partial charge is 0.429 e. The van der Waals surface area contributed by atoms with Crippen molar-refractivity contribution in [2.75, 3.05) is 0 Å². The molecule has 14 heavy (non-hydrogen) atoms. The standard InChI is InChI=1S/C10H13N3O/c1-3-4-9-11-8-6-13(14)5-7(2)10(8)12-9/h5-6,14H,3-4H2,1-2H3. The van der Waals surface area contributed by atoms with Crippen LogP contribution in [0.4, 0.5) is 0 Å². The van der Waals surface area contributed by atoms with Gasteiger partial charge in [0.25, 0.3) is 0 Å². The van der Waals surface area contributed by atoms with Gasteiger partial charge >= 0.3 is 0 Å². The van der Waals surface area contributed by atoms with E-state index in [1.54, 1.807) is 12.4 Å². The number of hydrogen-bond donors (Lipinski definition) is 1. The quantitative estimate of drug-likeness (QED) is 0.737. The number of hydrogen-bond acceptors (Lipinski definition) is 3. The predicted octanol–water partition coefficient (Wildman–Crippen LogP) is 1.88. The van der Waals surface area contributed by atoms with Gasteiger partial charge in [0.2, 0.25) is 0 Å². The Hall–Kier alpha value is -1.58. The molecule has 0 atom stereocenters. The van der Waals surface area contributed by atoms with E-state index in [1.807, 2.05) is 6.92 Å². The molecule has 74 valence electrons. The van der Waals surface area contributed by atoms with Crippen LogP contribution in [0.15, 0.2) is 12.4 Å². The lowest BCUT2D eigenvalue weighted by molar-refractivity contribution is 0.184. The first kappa shape index (κ1) is 8.99. The average molecular weight is 191 g/mol. The highest BCUT2D eigenvalue weighted by Gasteiger charge is 2.13. The molecule has 2 heterocycles. The first-order valence-corrected chi connectivity index (χ1v) is 4.75. The molecule has 1 N–H and O–H groups in total. The van der Waals surface area contributed by atoms with Crippen LogP contribution in [0.3, 0.4) is 0 Å². The van der Waals surface area contributed by atoms with Crippen LogP contribution in [0.25, 0.3) is 11.4 Å². The molecule has 2 aliphatic heterocycles. The lowest BCUT2D eigenvalue weighted by Crippen LogP contribution is -1.96. The van der Waals surface area contributed by atoms with E-state index >= 15 is 0 Å². The van der Waals surface area contributed by atoms with Crippen LogP contribution < -0.4 is 0 Å². The summed E-state index contributed by atoms with van der Waals surface area (Å²) in [5.74, 6) is 0.858. The molecule has 2 aliphatic rings. The molecule has 0 unspecified atom stereocenters. The van der Waals surface area contributed by atoms with Crippen LogP contribution in [0.1, 0.15) is 24.7 Å². The van der Waals surface area contributed by atoms with Gasteiger partial charge in [-0.2, -0.15) is 4.73 Å². The molecule has 0 aromatic heterocycles. The van der Waals surface area contributed by atoms with Gasteiger partial charge in [-0.05, 0) is 18.9 Å². The Morgan fingerprint density at radius 1 is 1.36 bits per heavy atom. The number of imidazole rings is 1. The molecule has 2 rings (SSSR count). The molecule has 4 nitrogen and oxygen atoms in total. The summed E-state index contributed by atoms with van der Waals surface area (Å²) in [6.07, 6.45) is 5.13. The lowest BCUT2D eigenvalue weighted by atomic mass is 10.2. The zero-order valence-electron chi connectivity index (χ0n) is 8.36. The maximum atomic E-state index is 9.30. The smallest absolute Gasteiger partial charge is 0.129 e. The van der Waals surface area contributed by atoms with Gasteiger partial charge in [0.15, 0.2) is 0 Å². The van der Waals surface area contributed by atoms with Crippen molar-refractivity contribution in [3.63, 3.8) is 0 Å². The van der Waals surface area contributed by atoms with Gasteiger partial charge < -0.3 is 5.21 Å². The predicted molar refractivity (Wildman–Crippen MR) is 52.6 cm³/mol. The number of aromatic nitrogens is 3. The zero-order chi connectivity index (χ0) is 10.1. The minimum absolute atomic E-state index is 0.760. The molecule has 0 spiro atoms. The lowest BCUT2D eigenvalue weighted by Gasteiger charge is -2.02. The second kappa shape index (κ2) is 3.29. The van der Waals surface area contributed by atoms with Crippen molar-refractivity contribution in [3.8, 4) is 11.4 Å². The summed E-state index contributed by atoms with van der Waals surface area (Å²) < 4.78 is 1.03. The number of pyridine rings is 1. The van der Waals surface area contributed by atoms with Gasteiger partial charge in [-0.1, -0.05) is 6.92 Å². The van der Waals surface area contributed by atoms with E-state index in [0.29, 0.717) is 0 Å². The molecule has 0 aromatic rings. The van der Waals surface area contributed by atoms with E-state index in [1.165, 1.54) is 0 Å². The highest BCUT2D eigenvalue weighted by Crippen LogP contribution is 2.22. The molecule has 0 aromatic carbocycles. The van der Waals surface area contributed by atoms with Gasteiger partial charge in [-0.3, -0.25) is 0 Å². The fraction of sp³-hybridized carbons (Fsp3) is 0.400.